The number of para-hydroxylation sites is 1. The zero-order valence-corrected chi connectivity index (χ0v) is 46.7. The first-order valence-electron chi connectivity index (χ1n) is 27.0. The van der Waals surface area contributed by atoms with Crippen molar-refractivity contribution in [2.45, 2.75) is 117 Å². The molecule has 4 nitrogen and oxygen atoms in total. The maximum Gasteiger partial charge on any atom is 0.149 e. The molecule has 2 heterocycles. The molecule has 0 radical (unpaired) electrons. The summed E-state index contributed by atoms with van der Waals surface area (Å²) >= 11 is 0. The summed E-state index contributed by atoms with van der Waals surface area (Å²) in [6, 6.07) is 66.4. The van der Waals surface area contributed by atoms with Crippen LogP contribution in [0.4, 0.5) is 0 Å². The average Bonchev–Trinajstić information content (AvgIpc) is 3.96. The maximum absolute atomic E-state index is 12.7. The SMILES string of the molecule is CC(C)(C)c1ccc(-n2c(-c3cc(C(C)(C)C)cc(C(C)(C)C)c3O)nc3c(-c4cc(-c5cc(-c6ccc(C(C)(C)c7ccccc7)cc6)ccn5)c5c(c4)-c4ccccc4C5(C)C)cccc32)c(-c2ccccc2)c1. The van der Waals surface area contributed by atoms with Crippen molar-refractivity contribution in [3.8, 4) is 78.6 Å². The Hall–Kier alpha value is -7.82. The Morgan fingerprint density at radius 1 is 0.434 bits per heavy atom. The number of fused-ring (bicyclic) bond motifs is 4. The quantitative estimate of drug-likeness (QED) is 0.165. The van der Waals surface area contributed by atoms with Crippen molar-refractivity contribution in [1.82, 2.24) is 14.5 Å². The minimum Gasteiger partial charge on any atom is -0.507 e. The number of phenolic OH excluding ortho intramolecular Hbond substituents is 1. The van der Waals surface area contributed by atoms with Crippen LogP contribution in [0.3, 0.4) is 0 Å². The molecule has 0 amide bonds. The molecule has 1 aliphatic carbocycles. The van der Waals surface area contributed by atoms with Crippen molar-refractivity contribution < 1.29 is 5.11 Å². The Morgan fingerprint density at radius 3 is 1.72 bits per heavy atom. The molecule has 0 aliphatic heterocycles. The number of aromatic nitrogens is 3. The van der Waals surface area contributed by atoms with Crippen LogP contribution in [0.2, 0.25) is 0 Å². The lowest BCUT2D eigenvalue weighted by molar-refractivity contribution is 0.446. The Balaban J connectivity index is 1.17. The lowest BCUT2D eigenvalue weighted by Crippen LogP contribution is -2.18. The van der Waals surface area contributed by atoms with E-state index in [1.807, 2.05) is 6.20 Å². The second-order valence-electron chi connectivity index (χ2n) is 25.3. The van der Waals surface area contributed by atoms with E-state index in [9.17, 15) is 5.11 Å². The minimum atomic E-state index is -0.343. The molecular formula is C72H71N3O. The van der Waals surface area contributed by atoms with Crippen LogP contribution in [0.1, 0.15) is 129 Å². The van der Waals surface area contributed by atoms with E-state index in [4.69, 9.17) is 9.97 Å². The molecule has 2 aromatic heterocycles. The van der Waals surface area contributed by atoms with Crippen LogP contribution < -0.4 is 0 Å². The number of benzene rings is 8. The van der Waals surface area contributed by atoms with E-state index < -0.39 is 0 Å². The van der Waals surface area contributed by atoms with Crippen molar-refractivity contribution >= 4 is 11.0 Å². The third kappa shape index (κ3) is 8.66. The number of hydrogen-bond donors (Lipinski definition) is 1. The summed E-state index contributed by atoms with van der Waals surface area (Å²) in [7, 11) is 0. The van der Waals surface area contributed by atoms with Crippen LogP contribution in [0.5, 0.6) is 5.75 Å². The molecule has 1 aliphatic rings. The van der Waals surface area contributed by atoms with E-state index in [-0.39, 0.29) is 32.8 Å². The largest absolute Gasteiger partial charge is 0.507 e. The second kappa shape index (κ2) is 18.2. The predicted octanol–water partition coefficient (Wildman–Crippen LogP) is 19.0. The molecule has 10 aromatic rings. The zero-order valence-electron chi connectivity index (χ0n) is 46.7. The van der Waals surface area contributed by atoms with Gasteiger partial charge in [0, 0.05) is 39.3 Å². The molecule has 0 atom stereocenters. The average molecular weight is 994 g/mol. The second-order valence-corrected chi connectivity index (χ2v) is 25.3. The van der Waals surface area contributed by atoms with Gasteiger partial charge in [0.2, 0.25) is 0 Å². The van der Waals surface area contributed by atoms with E-state index in [2.05, 4.69) is 277 Å². The fraction of sp³-hybridized carbons (Fsp3) is 0.250. The molecule has 380 valence electrons. The first kappa shape index (κ1) is 50.3. The Bertz CT molecular complexity index is 3850. The number of imidazole rings is 1. The molecule has 0 saturated heterocycles. The molecule has 11 rings (SSSR count). The van der Waals surface area contributed by atoms with E-state index >= 15 is 0 Å². The summed E-state index contributed by atoms with van der Waals surface area (Å²) in [5.74, 6) is 0.947. The highest BCUT2D eigenvalue weighted by atomic mass is 16.3. The van der Waals surface area contributed by atoms with Gasteiger partial charge < -0.3 is 5.11 Å². The van der Waals surface area contributed by atoms with Crippen molar-refractivity contribution in [2.24, 2.45) is 0 Å². The Labute approximate surface area is 451 Å². The van der Waals surface area contributed by atoms with Crippen LogP contribution in [-0.4, -0.2) is 19.6 Å². The van der Waals surface area contributed by atoms with Gasteiger partial charge in [0.25, 0.3) is 0 Å². The number of pyridine rings is 1. The van der Waals surface area contributed by atoms with Crippen LogP contribution in [0, 0.1) is 0 Å². The fourth-order valence-corrected chi connectivity index (χ4v) is 11.8. The van der Waals surface area contributed by atoms with Gasteiger partial charge in [-0.3, -0.25) is 9.55 Å². The lowest BCUT2D eigenvalue weighted by Gasteiger charge is -2.28. The number of aromatic hydroxyl groups is 1. The normalized spacial score (nSPS) is 13.5. The van der Waals surface area contributed by atoms with E-state index in [1.54, 1.807) is 0 Å². The Morgan fingerprint density at radius 2 is 1.04 bits per heavy atom. The molecule has 8 aromatic carbocycles. The van der Waals surface area contributed by atoms with Gasteiger partial charge in [0.1, 0.15) is 11.6 Å². The maximum atomic E-state index is 12.7. The smallest absolute Gasteiger partial charge is 0.149 e. The standard InChI is InChI=1S/C72H71N3O/c1-68(2,3)51-35-36-62(55(42-51)46-23-16-14-17-24-46)75-63-30-22-28-53(65(63)74-67(75)58-43-52(69(4,5)6)44-60(66(58)76)70(7,8)9)48-39-56-54-27-20-21-29-59(54)72(12,13)64(56)57(40-48)61-41-47(37-38-73-61)45-31-33-50(34-32-45)71(10,11)49-25-18-15-19-26-49/h14-44,76H,1-13H3. The molecule has 0 bridgehead atoms. The number of nitrogens with zero attached hydrogens (tertiary/aromatic N) is 3. The molecule has 0 fully saturated rings. The zero-order chi connectivity index (χ0) is 53.7. The van der Waals surface area contributed by atoms with Gasteiger partial charge >= 0.3 is 0 Å². The minimum absolute atomic E-state index is 0.0901. The summed E-state index contributed by atoms with van der Waals surface area (Å²) < 4.78 is 2.31. The van der Waals surface area contributed by atoms with E-state index in [0.717, 1.165) is 72.5 Å². The van der Waals surface area contributed by atoms with Crippen molar-refractivity contribution in [3.05, 3.63) is 227 Å². The van der Waals surface area contributed by atoms with Crippen LogP contribution in [-0.2, 0) is 27.1 Å². The lowest BCUT2D eigenvalue weighted by atomic mass is 9.77. The van der Waals surface area contributed by atoms with Gasteiger partial charge in [-0.05, 0) is 132 Å². The molecule has 4 heteroatoms. The van der Waals surface area contributed by atoms with Gasteiger partial charge in [-0.25, -0.2) is 4.98 Å². The molecular weight excluding hydrogens is 923 g/mol. The van der Waals surface area contributed by atoms with Gasteiger partial charge in [-0.1, -0.05) is 223 Å². The fourth-order valence-electron chi connectivity index (χ4n) is 11.8. The molecule has 0 unspecified atom stereocenters. The number of phenols is 1. The molecule has 0 saturated carbocycles. The van der Waals surface area contributed by atoms with Crippen molar-refractivity contribution in [2.75, 3.05) is 0 Å². The molecule has 76 heavy (non-hydrogen) atoms. The summed E-state index contributed by atoms with van der Waals surface area (Å²) in [6.45, 7) is 29.4. The monoisotopic (exact) mass is 994 g/mol. The highest BCUT2D eigenvalue weighted by molar-refractivity contribution is 6.00. The van der Waals surface area contributed by atoms with E-state index in [0.29, 0.717) is 11.4 Å². The number of hydrogen-bond acceptors (Lipinski definition) is 3. The van der Waals surface area contributed by atoms with Crippen LogP contribution in [0.25, 0.3) is 83.9 Å². The van der Waals surface area contributed by atoms with Gasteiger partial charge in [0.05, 0.1) is 28.0 Å². The summed E-state index contributed by atoms with van der Waals surface area (Å²) in [5, 5.41) is 12.7. The van der Waals surface area contributed by atoms with Crippen molar-refractivity contribution in [3.63, 3.8) is 0 Å². The Kier molecular flexibility index (Phi) is 12.1. The van der Waals surface area contributed by atoms with Crippen molar-refractivity contribution in [1.29, 1.82) is 0 Å². The number of rotatable bonds is 8. The summed E-state index contributed by atoms with van der Waals surface area (Å²) in [6.07, 6.45) is 1.97. The molecule has 1 N–H and O–H groups in total. The van der Waals surface area contributed by atoms with Gasteiger partial charge in [-0.2, -0.15) is 0 Å². The highest BCUT2D eigenvalue weighted by Crippen LogP contribution is 2.54. The van der Waals surface area contributed by atoms with Gasteiger partial charge in [-0.15, -0.1) is 0 Å². The van der Waals surface area contributed by atoms with Gasteiger partial charge in [0.15, 0.2) is 0 Å². The van der Waals surface area contributed by atoms with Crippen LogP contribution in [0.15, 0.2) is 188 Å². The summed E-state index contributed by atoms with van der Waals surface area (Å²) in [4.78, 5) is 11.0. The predicted molar refractivity (Wildman–Crippen MR) is 320 cm³/mol. The summed E-state index contributed by atoms with van der Waals surface area (Å²) in [5.41, 5.74) is 21.8. The highest BCUT2D eigenvalue weighted by Gasteiger charge is 2.39. The molecule has 0 spiro atoms. The van der Waals surface area contributed by atoms with Crippen LogP contribution >= 0.6 is 0 Å². The topological polar surface area (TPSA) is 50.9 Å². The first-order valence-corrected chi connectivity index (χ1v) is 27.0. The third-order valence-corrected chi connectivity index (χ3v) is 16.3. The first-order chi connectivity index (χ1) is 36.0. The third-order valence-electron chi connectivity index (χ3n) is 16.3. The van der Waals surface area contributed by atoms with E-state index in [1.165, 1.54) is 38.9 Å².